The van der Waals surface area contributed by atoms with Crippen molar-refractivity contribution in [2.24, 2.45) is 0 Å². The van der Waals surface area contributed by atoms with Gasteiger partial charge in [-0.1, -0.05) is 31.0 Å². The maximum absolute atomic E-state index is 12.8. The molecule has 5 heterocycles. The second-order valence-corrected chi connectivity index (χ2v) is 9.90. The zero-order chi connectivity index (χ0) is 23.9. The number of pyridine rings is 2. The number of hydrogen-bond acceptors (Lipinski definition) is 4. The Balaban J connectivity index is 1.16. The predicted octanol–water partition coefficient (Wildman–Crippen LogP) is 5.53. The molecule has 6 rings (SSSR count). The second kappa shape index (κ2) is 8.96. The lowest BCUT2D eigenvalue weighted by molar-refractivity contribution is 0.0982. The maximum Gasteiger partial charge on any atom is 0.166 e. The van der Waals surface area contributed by atoms with Crippen molar-refractivity contribution in [3.63, 3.8) is 0 Å². The maximum atomic E-state index is 12.8. The lowest BCUT2D eigenvalue weighted by Crippen LogP contribution is -2.02. The average Bonchev–Trinajstić information content (AvgIpc) is 3.26. The third-order valence-corrected chi connectivity index (χ3v) is 6.95. The molecule has 1 aliphatic carbocycles. The number of carbonyl (C=O) groups excluding carboxylic acids is 1. The molecule has 1 fully saturated rings. The summed E-state index contributed by atoms with van der Waals surface area (Å²) < 4.78 is 5.88. The lowest BCUT2D eigenvalue weighted by atomic mass is 10.1. The van der Waals surface area contributed by atoms with Crippen molar-refractivity contribution < 1.29 is 4.79 Å². The first-order valence-corrected chi connectivity index (χ1v) is 12.6. The van der Waals surface area contributed by atoms with Crippen LogP contribution in [0.25, 0.3) is 11.2 Å². The summed E-state index contributed by atoms with van der Waals surface area (Å²) in [6, 6.07) is 6.04. The minimum atomic E-state index is 0.0498. The minimum Gasteiger partial charge on any atom is -0.306 e. The van der Waals surface area contributed by atoms with Crippen LogP contribution in [0, 0.1) is 0 Å². The monoisotopic (exact) mass is 486 g/mol. The van der Waals surface area contributed by atoms with Crippen LogP contribution in [-0.2, 0) is 19.4 Å². The van der Waals surface area contributed by atoms with Crippen LogP contribution in [0.1, 0.15) is 71.4 Å². The molecule has 35 heavy (non-hydrogen) atoms. The van der Waals surface area contributed by atoms with Crippen molar-refractivity contribution in [1.29, 1.82) is 0 Å². The van der Waals surface area contributed by atoms with E-state index in [0.717, 1.165) is 35.4 Å². The SMILES string of the molecule is CCCc1cc(C2CC2)cn2cc(Cn3cc(C(=O)CCc4ncn5ccc(Cl)cc45)cn3)nc12. The number of nitrogens with zero attached hydrogens (tertiary/aromatic N) is 6. The molecule has 1 saturated carbocycles. The fraction of sp³-hybridized carbons (Fsp3) is 0.333. The summed E-state index contributed by atoms with van der Waals surface area (Å²) in [5, 5.41) is 5.09. The minimum absolute atomic E-state index is 0.0498. The van der Waals surface area contributed by atoms with Crippen LogP contribution in [0.15, 0.2) is 55.5 Å². The Labute approximate surface area is 208 Å². The molecule has 0 bridgehead atoms. The Bertz CT molecular complexity index is 1540. The van der Waals surface area contributed by atoms with Gasteiger partial charge in [0.25, 0.3) is 0 Å². The number of aromatic nitrogens is 6. The first-order chi connectivity index (χ1) is 17.1. The molecule has 0 unspecified atom stereocenters. The summed E-state index contributed by atoms with van der Waals surface area (Å²) in [4.78, 5) is 22.2. The number of aryl methyl sites for hydroxylation is 2. The van der Waals surface area contributed by atoms with Gasteiger partial charge in [0.1, 0.15) is 5.65 Å². The van der Waals surface area contributed by atoms with Crippen LogP contribution in [0.5, 0.6) is 0 Å². The normalized spacial score (nSPS) is 13.8. The molecule has 0 atom stereocenters. The van der Waals surface area contributed by atoms with Crippen molar-refractivity contribution in [1.82, 2.24) is 28.5 Å². The van der Waals surface area contributed by atoms with Gasteiger partial charge in [-0.3, -0.25) is 9.48 Å². The molecular formula is C27H27ClN6O. The van der Waals surface area contributed by atoms with Gasteiger partial charge >= 0.3 is 0 Å². The number of carbonyl (C=O) groups is 1. The molecular weight excluding hydrogens is 460 g/mol. The van der Waals surface area contributed by atoms with Crippen molar-refractivity contribution >= 4 is 28.5 Å². The Morgan fingerprint density at radius 3 is 2.86 bits per heavy atom. The molecule has 5 aromatic rings. The number of rotatable bonds is 9. The molecule has 5 aromatic heterocycles. The highest BCUT2D eigenvalue weighted by Crippen LogP contribution is 2.40. The van der Waals surface area contributed by atoms with Gasteiger partial charge in [-0.15, -0.1) is 0 Å². The fourth-order valence-corrected chi connectivity index (χ4v) is 4.92. The molecule has 0 saturated heterocycles. The Morgan fingerprint density at radius 1 is 1.14 bits per heavy atom. The molecule has 0 spiro atoms. The number of fused-ring (bicyclic) bond motifs is 2. The van der Waals surface area contributed by atoms with Crippen LogP contribution in [-0.4, -0.2) is 34.3 Å². The van der Waals surface area contributed by atoms with E-state index < -0.39 is 0 Å². The molecule has 1 aliphatic rings. The number of halogens is 1. The van der Waals surface area contributed by atoms with Gasteiger partial charge in [-0.2, -0.15) is 5.10 Å². The van der Waals surface area contributed by atoms with Crippen LogP contribution in [0.3, 0.4) is 0 Å². The highest BCUT2D eigenvalue weighted by Gasteiger charge is 2.25. The van der Waals surface area contributed by atoms with E-state index in [1.807, 2.05) is 28.9 Å². The van der Waals surface area contributed by atoms with Gasteiger partial charge in [0.05, 0.1) is 41.5 Å². The van der Waals surface area contributed by atoms with Crippen LogP contribution in [0.4, 0.5) is 0 Å². The number of hydrogen-bond donors (Lipinski definition) is 0. The van der Waals surface area contributed by atoms with Crippen LogP contribution < -0.4 is 0 Å². The molecule has 0 N–H and O–H groups in total. The van der Waals surface area contributed by atoms with E-state index in [2.05, 4.69) is 39.9 Å². The molecule has 7 nitrogen and oxygen atoms in total. The van der Waals surface area contributed by atoms with E-state index in [1.165, 1.54) is 24.0 Å². The van der Waals surface area contributed by atoms with Crippen molar-refractivity contribution in [3.05, 3.63) is 88.6 Å². The van der Waals surface area contributed by atoms with Gasteiger partial charge in [0.15, 0.2) is 5.78 Å². The lowest BCUT2D eigenvalue weighted by Gasteiger charge is -2.06. The van der Waals surface area contributed by atoms with Gasteiger partial charge in [-0.05, 0) is 54.9 Å². The van der Waals surface area contributed by atoms with Crippen molar-refractivity contribution in [3.8, 4) is 0 Å². The molecule has 8 heteroatoms. The van der Waals surface area contributed by atoms with E-state index in [4.69, 9.17) is 16.6 Å². The molecule has 0 aromatic carbocycles. The number of imidazole rings is 2. The highest BCUT2D eigenvalue weighted by atomic mass is 35.5. The summed E-state index contributed by atoms with van der Waals surface area (Å²) in [7, 11) is 0. The van der Waals surface area contributed by atoms with Crippen molar-refractivity contribution in [2.75, 3.05) is 0 Å². The summed E-state index contributed by atoms with van der Waals surface area (Å²) in [5.41, 5.74) is 7.11. The zero-order valence-electron chi connectivity index (χ0n) is 19.7. The predicted molar refractivity (Wildman–Crippen MR) is 135 cm³/mol. The first-order valence-electron chi connectivity index (χ1n) is 12.2. The van der Waals surface area contributed by atoms with Gasteiger partial charge in [0.2, 0.25) is 0 Å². The molecule has 0 radical (unpaired) electrons. The van der Waals surface area contributed by atoms with E-state index in [9.17, 15) is 4.79 Å². The van der Waals surface area contributed by atoms with Gasteiger partial charge in [0, 0.05) is 36.2 Å². The molecule has 178 valence electrons. The summed E-state index contributed by atoms with van der Waals surface area (Å²) >= 11 is 6.12. The van der Waals surface area contributed by atoms with Gasteiger partial charge in [-0.25, -0.2) is 9.97 Å². The Morgan fingerprint density at radius 2 is 2.03 bits per heavy atom. The van der Waals surface area contributed by atoms with Crippen LogP contribution >= 0.6 is 11.6 Å². The zero-order valence-corrected chi connectivity index (χ0v) is 20.4. The quantitative estimate of drug-likeness (QED) is 0.257. The fourth-order valence-electron chi connectivity index (χ4n) is 4.76. The standard InChI is InChI=1S/C27H27ClN6O/c1-2-3-19-10-20(18-4-5-18)13-33-15-23(31-27(19)33)16-34-14-21(12-30-34)26(35)7-6-24-25-11-22(28)8-9-32(25)17-29-24/h8-15,17-18H,2-7,16H2,1H3. The summed E-state index contributed by atoms with van der Waals surface area (Å²) in [5.74, 6) is 0.756. The Kier molecular flexibility index (Phi) is 5.65. The largest absolute Gasteiger partial charge is 0.306 e. The van der Waals surface area contributed by atoms with E-state index in [0.29, 0.717) is 35.9 Å². The average molecular weight is 487 g/mol. The van der Waals surface area contributed by atoms with E-state index in [-0.39, 0.29) is 5.78 Å². The van der Waals surface area contributed by atoms with E-state index in [1.54, 1.807) is 17.2 Å². The second-order valence-electron chi connectivity index (χ2n) is 9.46. The Hall–Kier alpha value is -3.45. The van der Waals surface area contributed by atoms with Crippen molar-refractivity contribution in [2.45, 2.75) is 57.9 Å². The smallest absolute Gasteiger partial charge is 0.166 e. The highest BCUT2D eigenvalue weighted by molar-refractivity contribution is 6.30. The topological polar surface area (TPSA) is 69.5 Å². The summed E-state index contributed by atoms with van der Waals surface area (Å²) in [6.07, 6.45) is 17.0. The third-order valence-electron chi connectivity index (χ3n) is 6.72. The molecule has 0 amide bonds. The summed E-state index contributed by atoms with van der Waals surface area (Å²) in [6.45, 7) is 2.74. The number of ketones is 1. The van der Waals surface area contributed by atoms with Gasteiger partial charge < -0.3 is 8.80 Å². The molecule has 0 aliphatic heterocycles. The number of Topliss-reactive ketones (excluding diaryl/α,β-unsaturated/α-hetero) is 1. The third kappa shape index (κ3) is 4.48. The van der Waals surface area contributed by atoms with Crippen LogP contribution in [0.2, 0.25) is 5.02 Å². The van der Waals surface area contributed by atoms with E-state index >= 15 is 0 Å². The first kappa shape index (κ1) is 22.0.